The van der Waals surface area contributed by atoms with Crippen LogP contribution in [0.2, 0.25) is 0 Å². The summed E-state index contributed by atoms with van der Waals surface area (Å²) in [6, 6.07) is -0.172. The third-order valence-corrected chi connectivity index (χ3v) is 5.53. The predicted molar refractivity (Wildman–Crippen MR) is 94.9 cm³/mol. The van der Waals surface area contributed by atoms with Gasteiger partial charge in [-0.3, -0.25) is 14.4 Å². The lowest BCUT2D eigenvalue weighted by Gasteiger charge is -2.30. The molecule has 2 aliphatic carbocycles. The molecule has 2 rings (SSSR count). The molecule has 1 atom stereocenters. The lowest BCUT2D eigenvalue weighted by molar-refractivity contribution is -0.137. The van der Waals surface area contributed by atoms with Gasteiger partial charge in [0.15, 0.2) is 0 Å². The van der Waals surface area contributed by atoms with Crippen LogP contribution in [0.3, 0.4) is 0 Å². The van der Waals surface area contributed by atoms with Crippen LogP contribution in [0.25, 0.3) is 0 Å². The number of carbonyl (C=O) groups is 3. The van der Waals surface area contributed by atoms with Gasteiger partial charge in [-0.05, 0) is 51.4 Å². The van der Waals surface area contributed by atoms with E-state index in [1.165, 1.54) is 32.1 Å². The van der Waals surface area contributed by atoms with Gasteiger partial charge >= 0.3 is 5.97 Å². The van der Waals surface area contributed by atoms with Gasteiger partial charge in [-0.25, -0.2) is 0 Å². The average Bonchev–Trinajstić information content (AvgIpc) is 2.55. The van der Waals surface area contributed by atoms with Gasteiger partial charge in [-0.2, -0.15) is 0 Å². The van der Waals surface area contributed by atoms with Gasteiger partial charge in [0, 0.05) is 24.4 Å². The molecule has 2 amide bonds. The molecule has 2 fully saturated rings. The molecule has 0 aromatic carbocycles. The predicted octanol–water partition coefficient (Wildman–Crippen LogP) is 2.61. The Balaban J connectivity index is 1.65. The van der Waals surface area contributed by atoms with Crippen molar-refractivity contribution in [3.63, 3.8) is 0 Å². The molecule has 0 heterocycles. The summed E-state index contributed by atoms with van der Waals surface area (Å²) in [5, 5.41) is 14.7. The van der Waals surface area contributed by atoms with Gasteiger partial charge in [-0.1, -0.05) is 19.3 Å². The van der Waals surface area contributed by atoms with Crippen molar-refractivity contribution < 1.29 is 19.5 Å². The van der Waals surface area contributed by atoms with Crippen LogP contribution in [0.5, 0.6) is 0 Å². The first-order chi connectivity index (χ1) is 11.9. The van der Waals surface area contributed by atoms with Crippen molar-refractivity contribution in [1.29, 1.82) is 0 Å². The van der Waals surface area contributed by atoms with Crippen LogP contribution in [-0.2, 0) is 14.4 Å². The summed E-state index contributed by atoms with van der Waals surface area (Å²) in [6.45, 7) is 1.71. The van der Waals surface area contributed by atoms with E-state index in [0.29, 0.717) is 12.3 Å². The zero-order valence-electron chi connectivity index (χ0n) is 15.3. The van der Waals surface area contributed by atoms with Gasteiger partial charge in [0.05, 0.1) is 6.42 Å². The van der Waals surface area contributed by atoms with Crippen LogP contribution in [0.4, 0.5) is 0 Å². The second kappa shape index (κ2) is 9.78. The Morgan fingerprint density at radius 3 is 2.24 bits per heavy atom. The highest BCUT2D eigenvalue weighted by atomic mass is 16.4. The van der Waals surface area contributed by atoms with E-state index in [2.05, 4.69) is 10.6 Å². The molecule has 6 heteroatoms. The number of carboxylic acid groups (broad SMARTS) is 1. The monoisotopic (exact) mass is 352 g/mol. The minimum Gasteiger partial charge on any atom is -0.481 e. The Bertz CT molecular complexity index is 466. The first-order valence-corrected chi connectivity index (χ1v) is 9.75. The highest BCUT2D eigenvalue weighted by molar-refractivity contribution is 5.80. The molecule has 0 saturated heterocycles. The number of hydrogen-bond acceptors (Lipinski definition) is 3. The summed E-state index contributed by atoms with van der Waals surface area (Å²) in [6.07, 6.45) is 9.88. The van der Waals surface area contributed by atoms with Gasteiger partial charge < -0.3 is 15.7 Å². The van der Waals surface area contributed by atoms with Gasteiger partial charge in [-0.15, -0.1) is 0 Å². The van der Waals surface area contributed by atoms with Crippen molar-refractivity contribution in [2.24, 2.45) is 11.8 Å². The summed E-state index contributed by atoms with van der Waals surface area (Å²) in [5.41, 5.74) is 0. The molecular weight excluding hydrogens is 320 g/mol. The van der Waals surface area contributed by atoms with Crippen LogP contribution in [0.1, 0.15) is 77.6 Å². The molecular formula is C19H32N2O4. The summed E-state index contributed by atoms with van der Waals surface area (Å²) in [4.78, 5) is 35.1. The van der Waals surface area contributed by atoms with Crippen LogP contribution in [0, 0.1) is 11.8 Å². The van der Waals surface area contributed by atoms with Gasteiger partial charge in [0.2, 0.25) is 11.8 Å². The van der Waals surface area contributed by atoms with E-state index in [9.17, 15) is 14.4 Å². The van der Waals surface area contributed by atoms with Crippen molar-refractivity contribution in [2.75, 3.05) is 0 Å². The second-order valence-electron chi connectivity index (χ2n) is 7.83. The van der Waals surface area contributed by atoms with Gasteiger partial charge in [0.25, 0.3) is 0 Å². The highest BCUT2D eigenvalue weighted by Crippen LogP contribution is 2.27. The lowest BCUT2D eigenvalue weighted by atomic mass is 9.84. The van der Waals surface area contributed by atoms with E-state index in [-0.39, 0.29) is 36.2 Å². The largest absolute Gasteiger partial charge is 0.481 e. The Labute approximate surface area is 150 Å². The standard InChI is InChI=1S/C19H32N2O4/c1-13(11-18(23)24)20-19(25)15-7-9-16(10-8-15)21-17(22)12-14-5-3-2-4-6-14/h13-16H,2-12H2,1H3,(H,20,25)(H,21,22)(H,23,24). The summed E-state index contributed by atoms with van der Waals surface area (Å²) < 4.78 is 0. The van der Waals surface area contributed by atoms with Crippen molar-refractivity contribution >= 4 is 17.8 Å². The molecule has 0 aromatic rings. The number of hydrogen-bond donors (Lipinski definition) is 3. The number of carboxylic acids is 1. The third kappa shape index (κ3) is 7.04. The van der Waals surface area contributed by atoms with Gasteiger partial charge in [0.1, 0.15) is 0 Å². The fraction of sp³-hybridized carbons (Fsp3) is 0.842. The first-order valence-electron chi connectivity index (χ1n) is 9.75. The van der Waals surface area contributed by atoms with Crippen molar-refractivity contribution in [2.45, 2.75) is 89.6 Å². The normalized spacial score (nSPS) is 25.8. The summed E-state index contributed by atoms with van der Waals surface area (Å²) in [5.74, 6) is -0.317. The first kappa shape index (κ1) is 19.7. The minimum absolute atomic E-state index is 0.0549. The molecule has 142 valence electrons. The molecule has 6 nitrogen and oxygen atoms in total. The van der Waals surface area contributed by atoms with Crippen molar-refractivity contribution in [3.8, 4) is 0 Å². The maximum absolute atomic E-state index is 12.2. The summed E-state index contributed by atoms with van der Waals surface area (Å²) in [7, 11) is 0. The zero-order valence-corrected chi connectivity index (χ0v) is 15.3. The second-order valence-corrected chi connectivity index (χ2v) is 7.83. The van der Waals surface area contributed by atoms with E-state index in [4.69, 9.17) is 5.11 Å². The molecule has 25 heavy (non-hydrogen) atoms. The maximum Gasteiger partial charge on any atom is 0.305 e. The fourth-order valence-corrected chi connectivity index (χ4v) is 4.11. The highest BCUT2D eigenvalue weighted by Gasteiger charge is 2.28. The van der Waals surface area contributed by atoms with Crippen LogP contribution in [0.15, 0.2) is 0 Å². The van der Waals surface area contributed by atoms with Crippen LogP contribution >= 0.6 is 0 Å². The molecule has 0 aliphatic heterocycles. The number of carbonyl (C=O) groups excluding carboxylic acids is 2. The molecule has 3 N–H and O–H groups in total. The Kier molecular flexibility index (Phi) is 7.72. The minimum atomic E-state index is -0.905. The number of nitrogens with one attached hydrogen (secondary N) is 2. The van der Waals surface area contributed by atoms with Crippen LogP contribution < -0.4 is 10.6 Å². The van der Waals surface area contributed by atoms with E-state index in [0.717, 1.165) is 25.7 Å². The average molecular weight is 352 g/mol. The fourth-order valence-electron chi connectivity index (χ4n) is 4.11. The molecule has 0 radical (unpaired) electrons. The smallest absolute Gasteiger partial charge is 0.305 e. The quantitative estimate of drug-likeness (QED) is 0.656. The van der Waals surface area contributed by atoms with E-state index < -0.39 is 5.97 Å². The number of rotatable bonds is 7. The molecule has 0 bridgehead atoms. The van der Waals surface area contributed by atoms with E-state index in [1.807, 2.05) is 0 Å². The van der Waals surface area contributed by atoms with Crippen molar-refractivity contribution in [3.05, 3.63) is 0 Å². The molecule has 2 aliphatic rings. The third-order valence-electron chi connectivity index (χ3n) is 5.53. The molecule has 2 saturated carbocycles. The lowest BCUT2D eigenvalue weighted by Crippen LogP contribution is -2.43. The Morgan fingerprint density at radius 2 is 1.64 bits per heavy atom. The molecule has 1 unspecified atom stereocenters. The van der Waals surface area contributed by atoms with E-state index >= 15 is 0 Å². The molecule has 0 spiro atoms. The van der Waals surface area contributed by atoms with E-state index in [1.54, 1.807) is 6.92 Å². The molecule has 0 aromatic heterocycles. The zero-order chi connectivity index (χ0) is 18.2. The maximum atomic E-state index is 12.2. The topological polar surface area (TPSA) is 95.5 Å². The Hall–Kier alpha value is -1.59. The summed E-state index contributed by atoms with van der Waals surface area (Å²) >= 11 is 0. The van der Waals surface area contributed by atoms with Crippen molar-refractivity contribution in [1.82, 2.24) is 10.6 Å². The SMILES string of the molecule is CC(CC(=O)O)NC(=O)C1CCC(NC(=O)CC2CCCCC2)CC1. The Morgan fingerprint density at radius 1 is 1.00 bits per heavy atom. The number of aliphatic carboxylic acids is 1. The number of amides is 2. The van der Waals surface area contributed by atoms with Crippen LogP contribution in [-0.4, -0.2) is 35.0 Å².